The first kappa shape index (κ1) is 17.8. The summed E-state index contributed by atoms with van der Waals surface area (Å²) >= 11 is 0. The lowest BCUT2D eigenvalue weighted by atomic mass is 10.2. The van der Waals surface area contributed by atoms with E-state index in [2.05, 4.69) is 4.98 Å². The molecule has 0 saturated heterocycles. The maximum absolute atomic E-state index is 12.3. The fourth-order valence-electron chi connectivity index (χ4n) is 2.97. The van der Waals surface area contributed by atoms with E-state index in [0.717, 1.165) is 11.1 Å². The predicted molar refractivity (Wildman–Crippen MR) is 102 cm³/mol. The summed E-state index contributed by atoms with van der Waals surface area (Å²) in [6.45, 7) is 2.21. The number of carbonyl (C=O) groups excluding carboxylic acids is 1. The highest BCUT2D eigenvalue weighted by Crippen LogP contribution is 2.22. The van der Waals surface area contributed by atoms with E-state index >= 15 is 0 Å². The van der Waals surface area contributed by atoms with Crippen LogP contribution in [-0.2, 0) is 11.3 Å². The molecule has 0 aliphatic carbocycles. The number of benzene rings is 2. The van der Waals surface area contributed by atoms with E-state index in [9.17, 15) is 9.59 Å². The van der Waals surface area contributed by atoms with Crippen LogP contribution < -0.4 is 5.76 Å². The van der Waals surface area contributed by atoms with Crippen molar-refractivity contribution in [2.24, 2.45) is 0 Å². The highest BCUT2D eigenvalue weighted by atomic mass is 16.5. The molecule has 0 amide bonds. The second-order valence-electron chi connectivity index (χ2n) is 6.27. The van der Waals surface area contributed by atoms with Gasteiger partial charge in [0.2, 0.25) is 5.89 Å². The van der Waals surface area contributed by atoms with Crippen LogP contribution in [0.1, 0.15) is 22.7 Å². The van der Waals surface area contributed by atoms with Gasteiger partial charge in [-0.15, -0.1) is 0 Å². The fraction of sp³-hybridized carbons (Fsp3) is 0.190. The smallest absolute Gasteiger partial charge is 0.419 e. The van der Waals surface area contributed by atoms with E-state index in [0.29, 0.717) is 30.2 Å². The number of hydrogen-bond acceptors (Lipinski definition) is 6. The molecule has 0 saturated carbocycles. The molecule has 142 valence electrons. The predicted octanol–water partition coefficient (Wildman–Crippen LogP) is 3.81. The lowest BCUT2D eigenvalue weighted by Crippen LogP contribution is -2.16. The molecule has 2 heterocycles. The fourth-order valence-corrected chi connectivity index (χ4v) is 2.97. The second kappa shape index (κ2) is 7.56. The Morgan fingerprint density at radius 2 is 1.82 bits per heavy atom. The number of ether oxygens (including phenoxy) is 1. The standard InChI is InChI=1S/C21H18N2O5/c1-14-18(22-19(27-14)15-8-3-2-4-9-15)20(24)26-13-7-12-23-16-10-5-6-11-17(16)28-21(23)25/h2-6,8-11H,7,12-13H2,1H3. The van der Waals surface area contributed by atoms with Gasteiger partial charge in [-0.3, -0.25) is 4.57 Å². The number of fused-ring (bicyclic) bond motifs is 1. The SMILES string of the molecule is Cc1oc(-c2ccccc2)nc1C(=O)OCCCn1c(=O)oc2ccccc21. The van der Waals surface area contributed by atoms with Gasteiger partial charge in [-0.25, -0.2) is 14.6 Å². The molecule has 2 aromatic carbocycles. The Kier molecular flexibility index (Phi) is 4.80. The van der Waals surface area contributed by atoms with Gasteiger partial charge < -0.3 is 13.6 Å². The van der Waals surface area contributed by atoms with Gasteiger partial charge in [-0.1, -0.05) is 30.3 Å². The summed E-state index contributed by atoms with van der Waals surface area (Å²) in [5.41, 5.74) is 2.20. The van der Waals surface area contributed by atoms with E-state index in [1.807, 2.05) is 42.5 Å². The Hall–Kier alpha value is -3.61. The molecule has 0 N–H and O–H groups in total. The van der Waals surface area contributed by atoms with E-state index in [4.69, 9.17) is 13.6 Å². The molecule has 0 radical (unpaired) electrons. The van der Waals surface area contributed by atoms with Crippen LogP contribution in [0.2, 0.25) is 0 Å². The van der Waals surface area contributed by atoms with Crippen LogP contribution in [0.25, 0.3) is 22.6 Å². The summed E-state index contributed by atoms with van der Waals surface area (Å²) in [6, 6.07) is 16.5. The van der Waals surface area contributed by atoms with Crippen molar-refractivity contribution in [3.05, 3.63) is 76.6 Å². The summed E-state index contributed by atoms with van der Waals surface area (Å²) in [6.07, 6.45) is 0.470. The van der Waals surface area contributed by atoms with E-state index < -0.39 is 11.7 Å². The Morgan fingerprint density at radius 1 is 1.07 bits per heavy atom. The van der Waals surface area contributed by atoms with Crippen LogP contribution in [0.15, 0.2) is 68.2 Å². The van der Waals surface area contributed by atoms with Crippen molar-refractivity contribution in [3.63, 3.8) is 0 Å². The van der Waals surface area contributed by atoms with Crippen molar-refractivity contribution in [2.75, 3.05) is 6.61 Å². The summed E-state index contributed by atoms with van der Waals surface area (Å²) in [5, 5.41) is 0. The number of oxazole rings is 2. The number of hydrogen-bond donors (Lipinski definition) is 0. The Labute approximate surface area is 160 Å². The van der Waals surface area contributed by atoms with Gasteiger partial charge in [0.1, 0.15) is 5.76 Å². The van der Waals surface area contributed by atoms with Crippen LogP contribution >= 0.6 is 0 Å². The monoisotopic (exact) mass is 378 g/mol. The van der Waals surface area contributed by atoms with Crippen molar-refractivity contribution < 1.29 is 18.4 Å². The molecule has 4 rings (SSSR count). The first-order valence-corrected chi connectivity index (χ1v) is 8.92. The van der Waals surface area contributed by atoms with Gasteiger partial charge in [0.15, 0.2) is 11.3 Å². The van der Waals surface area contributed by atoms with Gasteiger partial charge in [0.05, 0.1) is 12.1 Å². The molecule has 28 heavy (non-hydrogen) atoms. The Balaban J connectivity index is 1.38. The maximum atomic E-state index is 12.3. The van der Waals surface area contributed by atoms with Crippen molar-refractivity contribution >= 4 is 17.1 Å². The summed E-state index contributed by atoms with van der Waals surface area (Å²) in [4.78, 5) is 28.5. The first-order chi connectivity index (χ1) is 13.6. The minimum atomic E-state index is -0.548. The highest BCUT2D eigenvalue weighted by Gasteiger charge is 2.19. The number of rotatable bonds is 6. The van der Waals surface area contributed by atoms with Crippen molar-refractivity contribution in [1.29, 1.82) is 0 Å². The zero-order valence-electron chi connectivity index (χ0n) is 15.3. The third-order valence-electron chi connectivity index (χ3n) is 4.34. The maximum Gasteiger partial charge on any atom is 0.419 e. The van der Waals surface area contributed by atoms with Gasteiger partial charge in [-0.05, 0) is 37.6 Å². The molecule has 0 aliphatic heterocycles. The minimum Gasteiger partial charge on any atom is -0.461 e. The molecule has 0 unspecified atom stereocenters. The second-order valence-corrected chi connectivity index (χ2v) is 6.27. The third kappa shape index (κ3) is 3.46. The van der Waals surface area contributed by atoms with Crippen LogP contribution in [0.5, 0.6) is 0 Å². The molecular weight excluding hydrogens is 360 g/mol. The van der Waals surface area contributed by atoms with Gasteiger partial charge >= 0.3 is 11.7 Å². The summed E-state index contributed by atoms with van der Waals surface area (Å²) in [5.74, 6) is -0.192. The van der Waals surface area contributed by atoms with Crippen molar-refractivity contribution in [2.45, 2.75) is 19.9 Å². The largest absolute Gasteiger partial charge is 0.461 e. The lowest BCUT2D eigenvalue weighted by Gasteiger charge is -2.04. The number of carbonyl (C=O) groups is 1. The average molecular weight is 378 g/mol. The topological polar surface area (TPSA) is 87.5 Å². The molecular formula is C21H18N2O5. The molecule has 2 aromatic heterocycles. The summed E-state index contributed by atoms with van der Waals surface area (Å²) < 4.78 is 17.6. The zero-order valence-corrected chi connectivity index (χ0v) is 15.3. The summed E-state index contributed by atoms with van der Waals surface area (Å²) in [7, 11) is 0. The minimum absolute atomic E-state index is 0.151. The normalized spacial score (nSPS) is 11.0. The van der Waals surface area contributed by atoms with Crippen molar-refractivity contribution in [1.82, 2.24) is 9.55 Å². The van der Waals surface area contributed by atoms with Crippen LogP contribution in [0.4, 0.5) is 0 Å². The van der Waals surface area contributed by atoms with Crippen LogP contribution in [0.3, 0.4) is 0 Å². The van der Waals surface area contributed by atoms with E-state index in [1.54, 1.807) is 19.1 Å². The molecule has 0 spiro atoms. The quantitative estimate of drug-likeness (QED) is 0.375. The number of esters is 1. The van der Waals surface area contributed by atoms with Gasteiger partial charge in [0, 0.05) is 12.1 Å². The Morgan fingerprint density at radius 3 is 2.64 bits per heavy atom. The molecule has 0 atom stereocenters. The lowest BCUT2D eigenvalue weighted by molar-refractivity contribution is 0.0488. The van der Waals surface area contributed by atoms with E-state index in [-0.39, 0.29) is 12.3 Å². The highest BCUT2D eigenvalue weighted by molar-refractivity contribution is 5.88. The third-order valence-corrected chi connectivity index (χ3v) is 4.34. The number of aromatic nitrogens is 2. The van der Waals surface area contributed by atoms with Gasteiger partial charge in [0.25, 0.3) is 0 Å². The number of para-hydroxylation sites is 2. The molecule has 7 heteroatoms. The Bertz CT molecular complexity index is 1170. The van der Waals surface area contributed by atoms with E-state index in [1.165, 1.54) is 4.57 Å². The van der Waals surface area contributed by atoms with Crippen LogP contribution in [-0.4, -0.2) is 22.1 Å². The molecule has 0 bridgehead atoms. The van der Waals surface area contributed by atoms with Gasteiger partial charge in [-0.2, -0.15) is 0 Å². The first-order valence-electron chi connectivity index (χ1n) is 8.92. The van der Waals surface area contributed by atoms with Crippen LogP contribution in [0, 0.1) is 6.92 Å². The molecule has 7 nitrogen and oxygen atoms in total. The molecule has 0 fully saturated rings. The zero-order chi connectivity index (χ0) is 19.5. The number of aryl methyl sites for hydroxylation is 2. The number of nitrogens with zero attached hydrogens (tertiary/aromatic N) is 2. The average Bonchev–Trinajstić information content (AvgIpc) is 3.25. The van der Waals surface area contributed by atoms with Crippen molar-refractivity contribution in [3.8, 4) is 11.5 Å². The molecule has 4 aromatic rings. The molecule has 0 aliphatic rings.